The largest absolute Gasteiger partial charge is 0.398 e. The smallest absolute Gasteiger partial charge is 0.264 e. The molecule has 112 valence electrons. The minimum absolute atomic E-state index is 0.0309. The maximum absolute atomic E-state index is 13.8. The van der Waals surface area contributed by atoms with E-state index in [0.29, 0.717) is 0 Å². The molecule has 0 aromatic heterocycles. The van der Waals surface area contributed by atoms with Crippen LogP contribution in [0.15, 0.2) is 39.7 Å². The molecule has 0 atom stereocenters. The molecule has 0 fully saturated rings. The van der Waals surface area contributed by atoms with Crippen molar-refractivity contribution in [3.8, 4) is 0 Å². The lowest BCUT2D eigenvalue weighted by atomic mass is 10.3. The second-order valence-electron chi connectivity index (χ2n) is 4.03. The number of halogens is 4. The minimum atomic E-state index is -4.35. The van der Waals surface area contributed by atoms with Crippen molar-refractivity contribution in [2.75, 3.05) is 10.5 Å². The summed E-state index contributed by atoms with van der Waals surface area (Å²) in [5.74, 6) is -1.86. The van der Waals surface area contributed by atoms with Crippen molar-refractivity contribution in [3.63, 3.8) is 0 Å². The fourth-order valence-electron chi connectivity index (χ4n) is 1.53. The molecule has 4 nitrogen and oxygen atoms in total. The summed E-state index contributed by atoms with van der Waals surface area (Å²) in [5, 5.41) is 0.130. The number of rotatable bonds is 3. The summed E-state index contributed by atoms with van der Waals surface area (Å²) in [4.78, 5) is -0.692. The summed E-state index contributed by atoms with van der Waals surface area (Å²) in [6.07, 6.45) is 0. The second-order valence-corrected chi connectivity index (χ2v) is 6.98. The number of nitrogen functional groups attached to an aromatic ring is 1. The van der Waals surface area contributed by atoms with E-state index < -0.39 is 26.6 Å². The van der Waals surface area contributed by atoms with Gasteiger partial charge >= 0.3 is 0 Å². The van der Waals surface area contributed by atoms with Crippen LogP contribution in [-0.4, -0.2) is 8.42 Å². The zero-order valence-corrected chi connectivity index (χ0v) is 13.4. The van der Waals surface area contributed by atoms with Gasteiger partial charge in [-0.3, -0.25) is 4.72 Å². The number of hydrogen-bond acceptors (Lipinski definition) is 3. The number of benzene rings is 2. The first-order chi connectivity index (χ1) is 9.70. The van der Waals surface area contributed by atoms with Crippen LogP contribution in [0.1, 0.15) is 0 Å². The Balaban J connectivity index is 2.48. The van der Waals surface area contributed by atoms with Gasteiger partial charge in [0.1, 0.15) is 16.5 Å². The molecule has 0 spiro atoms. The maximum atomic E-state index is 13.8. The van der Waals surface area contributed by atoms with Crippen molar-refractivity contribution < 1.29 is 17.2 Å². The number of sulfonamides is 1. The lowest BCUT2D eigenvalue weighted by Gasteiger charge is -2.11. The molecule has 0 saturated carbocycles. The molecule has 0 unspecified atom stereocenters. The Morgan fingerprint density at radius 2 is 1.81 bits per heavy atom. The molecule has 0 aliphatic rings. The monoisotopic (exact) mass is 396 g/mol. The minimum Gasteiger partial charge on any atom is -0.398 e. The van der Waals surface area contributed by atoms with Crippen LogP contribution in [0.5, 0.6) is 0 Å². The van der Waals surface area contributed by atoms with Gasteiger partial charge in [0.2, 0.25) is 0 Å². The summed E-state index contributed by atoms with van der Waals surface area (Å²) in [7, 11) is -4.35. The summed E-state index contributed by atoms with van der Waals surface area (Å²) in [5.41, 5.74) is 5.18. The SMILES string of the molecule is Nc1cc(S(=O)(=O)Nc2cc(Cl)ccc2F)c(F)cc1Br. The number of anilines is 2. The molecule has 0 saturated heterocycles. The highest BCUT2D eigenvalue weighted by molar-refractivity contribution is 9.10. The lowest BCUT2D eigenvalue weighted by molar-refractivity contribution is 0.569. The third-order valence-electron chi connectivity index (χ3n) is 2.51. The van der Waals surface area contributed by atoms with Gasteiger partial charge < -0.3 is 5.73 Å². The van der Waals surface area contributed by atoms with Crippen LogP contribution in [0.3, 0.4) is 0 Å². The summed E-state index contributed by atoms with van der Waals surface area (Å²) in [6.45, 7) is 0. The zero-order chi connectivity index (χ0) is 15.8. The molecule has 0 heterocycles. The van der Waals surface area contributed by atoms with Crippen LogP contribution in [0.25, 0.3) is 0 Å². The standard InChI is InChI=1S/C12H8BrClF2N2O2S/c13-7-4-9(16)12(5-10(7)17)21(19,20)18-11-3-6(14)1-2-8(11)15/h1-5,18H,17H2. The van der Waals surface area contributed by atoms with Crippen molar-refractivity contribution >= 4 is 48.9 Å². The fraction of sp³-hybridized carbons (Fsp3) is 0. The zero-order valence-electron chi connectivity index (χ0n) is 10.2. The number of nitrogens with two attached hydrogens (primary N) is 1. The third-order valence-corrected chi connectivity index (χ3v) is 4.82. The molecule has 0 aliphatic heterocycles. The van der Waals surface area contributed by atoms with Crippen LogP contribution < -0.4 is 10.5 Å². The molecule has 0 amide bonds. The first-order valence-electron chi connectivity index (χ1n) is 5.43. The molecule has 21 heavy (non-hydrogen) atoms. The summed E-state index contributed by atoms with van der Waals surface area (Å²) < 4.78 is 53.7. The highest BCUT2D eigenvalue weighted by atomic mass is 79.9. The molecule has 3 N–H and O–H groups in total. The Bertz CT molecular complexity index is 815. The Hall–Kier alpha value is -1.38. The topological polar surface area (TPSA) is 72.2 Å². The van der Waals surface area contributed by atoms with E-state index in [2.05, 4.69) is 15.9 Å². The van der Waals surface area contributed by atoms with Crippen molar-refractivity contribution in [3.05, 3.63) is 51.5 Å². The molecule has 0 bridgehead atoms. The van der Waals surface area contributed by atoms with Crippen LogP contribution in [0.4, 0.5) is 20.2 Å². The molecule has 0 radical (unpaired) electrons. The normalized spacial score (nSPS) is 11.4. The van der Waals surface area contributed by atoms with E-state index in [1.165, 1.54) is 6.07 Å². The van der Waals surface area contributed by atoms with Gasteiger partial charge in [-0.25, -0.2) is 17.2 Å². The van der Waals surface area contributed by atoms with Gasteiger partial charge in [0.15, 0.2) is 0 Å². The highest BCUT2D eigenvalue weighted by Gasteiger charge is 2.22. The molecular formula is C12H8BrClF2N2O2S. The van der Waals surface area contributed by atoms with Gasteiger partial charge in [-0.15, -0.1) is 0 Å². The summed E-state index contributed by atoms with van der Waals surface area (Å²) in [6, 6.07) is 5.18. The van der Waals surface area contributed by atoms with E-state index >= 15 is 0 Å². The number of nitrogens with one attached hydrogen (secondary N) is 1. The Labute approximate surface area is 133 Å². The maximum Gasteiger partial charge on any atom is 0.264 e. The Morgan fingerprint density at radius 1 is 1.14 bits per heavy atom. The Kier molecular flexibility index (Phi) is 4.40. The van der Waals surface area contributed by atoms with Crippen LogP contribution in [0, 0.1) is 11.6 Å². The van der Waals surface area contributed by atoms with Crippen LogP contribution in [0.2, 0.25) is 5.02 Å². The van der Waals surface area contributed by atoms with Crippen molar-refractivity contribution in [2.45, 2.75) is 4.90 Å². The van der Waals surface area contributed by atoms with E-state index in [0.717, 1.165) is 24.3 Å². The first-order valence-corrected chi connectivity index (χ1v) is 8.08. The van der Waals surface area contributed by atoms with E-state index in [1.54, 1.807) is 0 Å². The van der Waals surface area contributed by atoms with Gasteiger partial charge in [0.25, 0.3) is 10.0 Å². The third kappa shape index (κ3) is 3.45. The summed E-state index contributed by atoms with van der Waals surface area (Å²) >= 11 is 8.64. The fourth-order valence-corrected chi connectivity index (χ4v) is 3.17. The quantitative estimate of drug-likeness (QED) is 0.775. The predicted octanol–water partition coefficient (Wildman–Crippen LogP) is 3.76. The van der Waals surface area contributed by atoms with Crippen LogP contribution >= 0.6 is 27.5 Å². The van der Waals surface area contributed by atoms with Crippen LogP contribution in [-0.2, 0) is 10.0 Å². The van der Waals surface area contributed by atoms with Crippen molar-refractivity contribution in [2.24, 2.45) is 0 Å². The van der Waals surface area contributed by atoms with E-state index in [4.69, 9.17) is 17.3 Å². The van der Waals surface area contributed by atoms with E-state index in [1.807, 2.05) is 4.72 Å². The first kappa shape index (κ1) is 16.0. The molecule has 2 aromatic rings. The van der Waals surface area contributed by atoms with Gasteiger partial charge in [0, 0.05) is 15.2 Å². The number of hydrogen-bond donors (Lipinski definition) is 2. The van der Waals surface area contributed by atoms with Gasteiger partial charge in [-0.05, 0) is 46.3 Å². The van der Waals surface area contributed by atoms with Gasteiger partial charge in [0.05, 0.1) is 5.69 Å². The molecule has 0 aliphatic carbocycles. The van der Waals surface area contributed by atoms with Crippen molar-refractivity contribution in [1.82, 2.24) is 0 Å². The van der Waals surface area contributed by atoms with E-state index in [9.17, 15) is 17.2 Å². The van der Waals surface area contributed by atoms with E-state index in [-0.39, 0.29) is 20.9 Å². The van der Waals surface area contributed by atoms with Gasteiger partial charge in [-0.2, -0.15) is 0 Å². The van der Waals surface area contributed by atoms with Gasteiger partial charge in [-0.1, -0.05) is 11.6 Å². The molecule has 9 heteroatoms. The average Bonchev–Trinajstić information content (AvgIpc) is 2.37. The van der Waals surface area contributed by atoms with Crippen molar-refractivity contribution in [1.29, 1.82) is 0 Å². The predicted molar refractivity (Wildman–Crippen MR) is 80.7 cm³/mol. The highest BCUT2D eigenvalue weighted by Crippen LogP contribution is 2.28. The molecular weight excluding hydrogens is 390 g/mol. The Morgan fingerprint density at radius 3 is 2.48 bits per heavy atom. The lowest BCUT2D eigenvalue weighted by Crippen LogP contribution is -2.16. The average molecular weight is 398 g/mol. The molecule has 2 aromatic carbocycles. The molecule has 2 rings (SSSR count). The second kappa shape index (κ2) is 5.78.